The van der Waals surface area contributed by atoms with Crippen molar-refractivity contribution in [2.45, 2.75) is 40.0 Å². The van der Waals surface area contributed by atoms with Crippen molar-refractivity contribution in [2.75, 3.05) is 11.9 Å². The van der Waals surface area contributed by atoms with Gasteiger partial charge < -0.3 is 19.1 Å². The number of benzene rings is 3. The van der Waals surface area contributed by atoms with Gasteiger partial charge in [-0.05, 0) is 73.3 Å². The maximum absolute atomic E-state index is 9.56. The normalized spacial score (nSPS) is 13.6. The summed E-state index contributed by atoms with van der Waals surface area (Å²) in [7, 11) is 2.04. The Labute approximate surface area is 255 Å². The minimum atomic E-state index is -0.0308. The Morgan fingerprint density at radius 3 is 2.41 bits per heavy atom. The van der Waals surface area contributed by atoms with Crippen LogP contribution >= 0.6 is 0 Å². The largest absolute Gasteiger partial charge is 0.509 e. The van der Waals surface area contributed by atoms with Crippen molar-refractivity contribution in [3.63, 3.8) is 0 Å². The first kappa shape index (κ1) is 28.5. The van der Waals surface area contributed by atoms with Crippen LogP contribution in [0.25, 0.3) is 27.6 Å². The van der Waals surface area contributed by atoms with Gasteiger partial charge in [0.05, 0.1) is 11.6 Å². The number of hydrogen-bond acceptors (Lipinski definition) is 5. The van der Waals surface area contributed by atoms with Crippen molar-refractivity contribution in [2.24, 2.45) is 0 Å². The summed E-state index contributed by atoms with van der Waals surface area (Å²) >= 11 is 0. The zero-order valence-electron chi connectivity index (χ0n) is 23.9. The second kappa shape index (κ2) is 10.7. The number of hydrogen-bond donors (Lipinski definition) is 0. The molecule has 5 aromatic rings. The van der Waals surface area contributed by atoms with E-state index in [2.05, 4.69) is 79.3 Å². The Morgan fingerprint density at radius 2 is 1.71 bits per heavy atom. The van der Waals surface area contributed by atoms with Crippen LogP contribution in [-0.4, -0.2) is 21.5 Å². The van der Waals surface area contributed by atoms with E-state index >= 15 is 0 Å². The van der Waals surface area contributed by atoms with Gasteiger partial charge in [-0.3, -0.25) is 0 Å². The van der Waals surface area contributed by atoms with Gasteiger partial charge in [0.15, 0.2) is 0 Å². The number of allylic oxidation sites excluding steroid dienone is 2. The molecule has 1 aliphatic heterocycles. The number of anilines is 1. The van der Waals surface area contributed by atoms with Crippen LogP contribution in [0, 0.1) is 30.1 Å². The molecule has 0 aliphatic carbocycles. The summed E-state index contributed by atoms with van der Waals surface area (Å²) in [5.74, 6) is 1.97. The van der Waals surface area contributed by atoms with Gasteiger partial charge in [0, 0.05) is 50.0 Å². The minimum absolute atomic E-state index is 0. The molecule has 0 N–H and O–H groups in total. The van der Waals surface area contributed by atoms with Gasteiger partial charge in [-0.25, -0.2) is 4.98 Å². The molecular weight excluding hydrogens is 689 g/mol. The molecule has 0 atom stereocenters. The van der Waals surface area contributed by atoms with E-state index in [0.717, 1.165) is 39.0 Å². The molecule has 6 nitrogen and oxygen atoms in total. The number of pyridine rings is 1. The maximum Gasteiger partial charge on any atom is 0.135 e. The van der Waals surface area contributed by atoms with Crippen molar-refractivity contribution in [3.8, 4) is 23.4 Å². The first-order chi connectivity index (χ1) is 19.1. The van der Waals surface area contributed by atoms with Crippen molar-refractivity contribution < 1.29 is 25.8 Å². The van der Waals surface area contributed by atoms with Crippen LogP contribution in [0.2, 0.25) is 0 Å². The van der Waals surface area contributed by atoms with Crippen molar-refractivity contribution >= 4 is 27.5 Å². The molecule has 0 saturated heterocycles. The van der Waals surface area contributed by atoms with Crippen LogP contribution < -0.4 is 9.64 Å². The molecule has 0 saturated carbocycles. The number of aromatic nitrogens is 2. The third kappa shape index (κ3) is 5.11. The molecular formula is C34H30N5OPt-3. The Bertz CT molecular complexity index is 1860. The fraction of sp³-hybridized carbons (Fsp3) is 0.206. The minimum Gasteiger partial charge on any atom is -0.509 e. The van der Waals surface area contributed by atoms with Crippen LogP contribution in [0.3, 0.4) is 0 Å². The van der Waals surface area contributed by atoms with E-state index < -0.39 is 0 Å². The summed E-state index contributed by atoms with van der Waals surface area (Å²) in [6.07, 6.45) is 1.85. The van der Waals surface area contributed by atoms with Crippen molar-refractivity contribution in [3.05, 3.63) is 108 Å². The molecule has 6 rings (SSSR count). The van der Waals surface area contributed by atoms with E-state index in [1.54, 1.807) is 0 Å². The molecule has 0 unspecified atom stereocenters. The average molecular weight is 720 g/mol. The first-order valence-electron chi connectivity index (χ1n) is 13.3. The summed E-state index contributed by atoms with van der Waals surface area (Å²) < 4.78 is 8.42. The molecule has 0 spiro atoms. The van der Waals surface area contributed by atoms with Crippen LogP contribution in [0.5, 0.6) is 11.5 Å². The summed E-state index contributed by atoms with van der Waals surface area (Å²) in [5, 5.41) is 11.5. The molecule has 3 heterocycles. The van der Waals surface area contributed by atoms with E-state index in [4.69, 9.17) is 9.72 Å². The predicted octanol–water partition coefficient (Wildman–Crippen LogP) is 7.86. The average Bonchev–Trinajstić information content (AvgIpc) is 3.40. The Kier molecular flexibility index (Phi) is 7.44. The number of nitriles is 1. The predicted molar refractivity (Wildman–Crippen MR) is 159 cm³/mol. The fourth-order valence-electron chi connectivity index (χ4n) is 5.07. The summed E-state index contributed by atoms with van der Waals surface area (Å²) in [6, 6.07) is 28.9. The summed E-state index contributed by atoms with van der Waals surface area (Å²) in [5.41, 5.74) is 6.80. The van der Waals surface area contributed by atoms with Gasteiger partial charge in [-0.2, -0.15) is 24.1 Å². The summed E-state index contributed by atoms with van der Waals surface area (Å²) in [6.45, 7) is 12.8. The second-order valence-corrected chi connectivity index (χ2v) is 11.2. The van der Waals surface area contributed by atoms with Crippen LogP contribution in [0.4, 0.5) is 5.69 Å². The van der Waals surface area contributed by atoms with Crippen LogP contribution in [0.1, 0.15) is 45.7 Å². The second-order valence-electron chi connectivity index (χ2n) is 11.2. The topological polar surface area (TPSA) is 57.3 Å². The quantitative estimate of drug-likeness (QED) is 0.177. The monoisotopic (exact) mass is 719 g/mol. The Hall–Kier alpha value is -4.07. The van der Waals surface area contributed by atoms with Crippen molar-refractivity contribution in [1.82, 2.24) is 14.5 Å². The molecule has 0 fully saturated rings. The number of nitrogens with zero attached hydrogens (tertiary/aromatic N) is 5. The molecule has 2 aromatic heterocycles. The number of ether oxygens (including phenoxy) is 1. The van der Waals surface area contributed by atoms with E-state index in [9.17, 15) is 5.26 Å². The molecule has 7 heteroatoms. The van der Waals surface area contributed by atoms with Crippen molar-refractivity contribution in [1.29, 1.82) is 5.26 Å². The third-order valence-electron chi connectivity index (χ3n) is 7.55. The van der Waals surface area contributed by atoms with Gasteiger partial charge in [-0.1, -0.05) is 26.3 Å². The van der Waals surface area contributed by atoms with Crippen LogP contribution in [0.15, 0.2) is 78.3 Å². The van der Waals surface area contributed by atoms with Gasteiger partial charge >= 0.3 is 0 Å². The molecule has 0 bridgehead atoms. The molecule has 0 radical (unpaired) electrons. The first-order valence-corrected chi connectivity index (χ1v) is 13.3. The smallest absolute Gasteiger partial charge is 0.135 e. The van der Waals surface area contributed by atoms with Gasteiger partial charge in [-0.15, -0.1) is 41.4 Å². The third-order valence-corrected chi connectivity index (χ3v) is 7.55. The van der Waals surface area contributed by atoms with Crippen LogP contribution in [-0.2, 0) is 26.5 Å². The summed E-state index contributed by atoms with van der Waals surface area (Å²) in [4.78, 5) is 8.94. The molecule has 3 aromatic carbocycles. The molecule has 0 amide bonds. The molecule has 41 heavy (non-hydrogen) atoms. The van der Waals surface area contributed by atoms with E-state index in [0.29, 0.717) is 17.1 Å². The zero-order valence-corrected chi connectivity index (χ0v) is 26.2. The van der Waals surface area contributed by atoms with Gasteiger partial charge in [0.1, 0.15) is 5.82 Å². The fourth-order valence-corrected chi connectivity index (χ4v) is 5.07. The Balaban J connectivity index is 0.00000337. The maximum atomic E-state index is 9.56. The number of rotatable bonds is 4. The number of fused-ring (bicyclic) bond motifs is 3. The zero-order chi connectivity index (χ0) is 28.2. The van der Waals surface area contributed by atoms with E-state index in [-0.39, 0.29) is 26.5 Å². The molecule has 1 aliphatic rings. The van der Waals surface area contributed by atoms with Gasteiger partial charge in [0.25, 0.3) is 0 Å². The Morgan fingerprint density at radius 1 is 0.927 bits per heavy atom. The molecule has 210 valence electrons. The van der Waals surface area contributed by atoms with E-state index in [1.165, 1.54) is 11.3 Å². The standard InChI is InChI=1S/C34H30N5O.Pt/c1-22-23(2)38(21-37(22)6)26-8-7-9-27(18-26)40-28-11-12-29-30-16-24(20-35)10-13-31(30)39(32(29)19-28)33-17-25(14-15-36-33)34(3,4)5;/h7-17,21H,1-6H3;/q-3;. The van der Waals surface area contributed by atoms with Gasteiger partial charge in [0.2, 0.25) is 0 Å². The van der Waals surface area contributed by atoms with E-state index in [1.807, 2.05) is 68.4 Å². The SMILES string of the molecule is CC1=C(C)N(c2[c-]c(Oc3[c-]c4c(cc3)c3cc(C#N)ccc3n4-c3cc(C(C)(C)C)ccn3)ccc2)[CH-]N1C.[Pt].